The Morgan fingerprint density at radius 1 is 1.64 bits per heavy atom. The minimum atomic E-state index is -0.885. The van der Waals surface area contributed by atoms with Crippen LogP contribution in [0, 0.1) is 10.1 Å². The molecule has 0 aromatic heterocycles. The summed E-state index contributed by atoms with van der Waals surface area (Å²) in [7, 11) is 0. The van der Waals surface area contributed by atoms with Gasteiger partial charge in [-0.25, -0.2) is 0 Å². The van der Waals surface area contributed by atoms with Crippen molar-refractivity contribution >= 4 is 21.6 Å². The van der Waals surface area contributed by atoms with Gasteiger partial charge in [-0.2, -0.15) is 0 Å². The minimum absolute atomic E-state index is 0.0275. The lowest BCUT2D eigenvalue weighted by Gasteiger charge is -2.09. The predicted octanol–water partition coefficient (Wildman–Crippen LogP) is 1.35. The summed E-state index contributed by atoms with van der Waals surface area (Å²) < 4.78 is 0.281. The molecule has 6 heteroatoms. The van der Waals surface area contributed by atoms with E-state index in [4.69, 9.17) is 5.73 Å². The van der Waals surface area contributed by atoms with Crippen LogP contribution in [-0.4, -0.2) is 16.6 Å². The van der Waals surface area contributed by atoms with Crippen LogP contribution in [0.4, 0.5) is 5.69 Å². The zero-order chi connectivity index (χ0) is 10.7. The molecule has 0 aliphatic carbocycles. The molecule has 0 bridgehead atoms. The third-order valence-corrected chi connectivity index (χ3v) is 2.65. The Labute approximate surface area is 88.8 Å². The van der Waals surface area contributed by atoms with Gasteiger partial charge in [-0.15, -0.1) is 0 Å². The first-order chi connectivity index (χ1) is 6.57. The summed E-state index contributed by atoms with van der Waals surface area (Å²) in [6.07, 6.45) is -0.885. The van der Waals surface area contributed by atoms with Gasteiger partial charge in [-0.3, -0.25) is 10.1 Å². The van der Waals surface area contributed by atoms with E-state index in [-0.39, 0.29) is 16.7 Å². The molecule has 0 fully saturated rings. The van der Waals surface area contributed by atoms with E-state index < -0.39 is 11.0 Å². The molecule has 1 atom stereocenters. The van der Waals surface area contributed by atoms with Crippen molar-refractivity contribution in [2.45, 2.75) is 6.10 Å². The molecule has 3 N–H and O–H groups in total. The number of nitrogens with two attached hydrogens (primary N) is 1. The number of halogens is 1. The zero-order valence-corrected chi connectivity index (χ0v) is 8.77. The largest absolute Gasteiger partial charge is 0.387 e. The molecular formula is C8H9BrN2O3. The number of aliphatic hydroxyl groups excluding tert-OH is 1. The predicted molar refractivity (Wildman–Crippen MR) is 54.8 cm³/mol. The first-order valence-corrected chi connectivity index (χ1v) is 4.68. The van der Waals surface area contributed by atoms with Crippen molar-refractivity contribution in [1.82, 2.24) is 0 Å². The van der Waals surface area contributed by atoms with E-state index in [9.17, 15) is 15.2 Å². The molecule has 5 nitrogen and oxygen atoms in total. The lowest BCUT2D eigenvalue weighted by molar-refractivity contribution is -0.385. The summed E-state index contributed by atoms with van der Waals surface area (Å²) in [6.45, 7) is 0.0275. The lowest BCUT2D eigenvalue weighted by Crippen LogP contribution is -2.12. The molecule has 0 heterocycles. The zero-order valence-electron chi connectivity index (χ0n) is 7.18. The first kappa shape index (κ1) is 11.1. The van der Waals surface area contributed by atoms with Gasteiger partial charge in [0, 0.05) is 18.2 Å². The molecule has 0 aliphatic rings. The first-order valence-electron chi connectivity index (χ1n) is 3.89. The van der Waals surface area contributed by atoms with Crippen molar-refractivity contribution in [2.24, 2.45) is 5.73 Å². The molecule has 14 heavy (non-hydrogen) atoms. The number of aliphatic hydroxyl groups is 1. The number of hydrogen-bond donors (Lipinski definition) is 2. The minimum Gasteiger partial charge on any atom is -0.387 e. The van der Waals surface area contributed by atoms with Crippen LogP contribution in [0.1, 0.15) is 11.7 Å². The standard InChI is InChI=1S/C8H9BrN2O3/c9-8-5(7(12)4-10)2-1-3-6(8)11(13)14/h1-3,7,12H,4,10H2/t7-/m1/s1. The fraction of sp³-hybridized carbons (Fsp3) is 0.250. The van der Waals surface area contributed by atoms with Gasteiger partial charge in [0.05, 0.1) is 11.0 Å². The highest BCUT2D eigenvalue weighted by atomic mass is 79.9. The van der Waals surface area contributed by atoms with E-state index in [0.29, 0.717) is 5.56 Å². The highest BCUT2D eigenvalue weighted by Crippen LogP contribution is 2.31. The van der Waals surface area contributed by atoms with E-state index in [1.54, 1.807) is 6.07 Å². The molecule has 76 valence electrons. The van der Waals surface area contributed by atoms with Crippen LogP contribution in [0.5, 0.6) is 0 Å². The molecule has 0 saturated heterocycles. The van der Waals surface area contributed by atoms with Gasteiger partial charge in [0.25, 0.3) is 5.69 Å². The summed E-state index contributed by atoms with van der Waals surface area (Å²) in [6, 6.07) is 4.46. The molecule has 0 spiro atoms. The molecule has 0 unspecified atom stereocenters. The highest BCUT2D eigenvalue weighted by molar-refractivity contribution is 9.10. The van der Waals surface area contributed by atoms with Crippen LogP contribution in [-0.2, 0) is 0 Å². The number of hydrogen-bond acceptors (Lipinski definition) is 4. The van der Waals surface area contributed by atoms with Gasteiger partial charge in [-0.1, -0.05) is 12.1 Å². The monoisotopic (exact) mass is 260 g/mol. The maximum absolute atomic E-state index is 10.5. The Kier molecular flexibility index (Phi) is 3.56. The number of nitro benzene ring substituents is 1. The average molecular weight is 261 g/mol. The van der Waals surface area contributed by atoms with Crippen LogP contribution < -0.4 is 5.73 Å². The Bertz CT molecular complexity index is 356. The average Bonchev–Trinajstić information content (AvgIpc) is 2.16. The van der Waals surface area contributed by atoms with Crippen LogP contribution in [0.15, 0.2) is 22.7 Å². The highest BCUT2D eigenvalue weighted by Gasteiger charge is 2.18. The molecule has 1 aromatic carbocycles. The number of nitrogens with zero attached hydrogens (tertiary/aromatic N) is 1. The van der Waals surface area contributed by atoms with Crippen molar-refractivity contribution in [3.05, 3.63) is 38.3 Å². The van der Waals surface area contributed by atoms with E-state index >= 15 is 0 Å². The number of rotatable bonds is 3. The third kappa shape index (κ3) is 2.09. The van der Waals surface area contributed by atoms with Crippen molar-refractivity contribution in [3.8, 4) is 0 Å². The SMILES string of the molecule is NC[C@@H](O)c1cccc([N+](=O)[O-])c1Br. The lowest BCUT2D eigenvalue weighted by atomic mass is 10.1. The van der Waals surface area contributed by atoms with Gasteiger partial charge in [0.2, 0.25) is 0 Å². The fourth-order valence-corrected chi connectivity index (χ4v) is 1.74. The van der Waals surface area contributed by atoms with Crippen LogP contribution in [0.2, 0.25) is 0 Å². The van der Waals surface area contributed by atoms with Crippen molar-refractivity contribution in [2.75, 3.05) is 6.54 Å². The molecule has 0 aliphatic heterocycles. The van der Waals surface area contributed by atoms with E-state index in [2.05, 4.69) is 15.9 Å². The Morgan fingerprint density at radius 3 is 2.79 bits per heavy atom. The van der Waals surface area contributed by atoms with Gasteiger partial charge >= 0.3 is 0 Å². The second-order valence-corrected chi connectivity index (χ2v) is 3.48. The molecule has 0 radical (unpaired) electrons. The Morgan fingerprint density at radius 2 is 2.29 bits per heavy atom. The van der Waals surface area contributed by atoms with Crippen molar-refractivity contribution < 1.29 is 10.0 Å². The van der Waals surface area contributed by atoms with E-state index in [0.717, 1.165) is 0 Å². The van der Waals surface area contributed by atoms with Crippen molar-refractivity contribution in [1.29, 1.82) is 0 Å². The van der Waals surface area contributed by atoms with Crippen LogP contribution in [0.25, 0.3) is 0 Å². The summed E-state index contributed by atoms with van der Waals surface area (Å²) in [4.78, 5) is 10.0. The summed E-state index contributed by atoms with van der Waals surface area (Å²) in [5.74, 6) is 0. The molecule has 0 amide bonds. The summed E-state index contributed by atoms with van der Waals surface area (Å²) in [5.41, 5.74) is 5.62. The normalized spacial score (nSPS) is 12.5. The fourth-order valence-electron chi connectivity index (χ4n) is 1.06. The second-order valence-electron chi connectivity index (χ2n) is 2.69. The Balaban J connectivity index is 3.20. The molecule has 1 rings (SSSR count). The van der Waals surface area contributed by atoms with Gasteiger partial charge in [0.15, 0.2) is 0 Å². The summed E-state index contributed by atoms with van der Waals surface area (Å²) in [5, 5.41) is 20.0. The van der Waals surface area contributed by atoms with Gasteiger partial charge in [0.1, 0.15) is 4.47 Å². The number of benzene rings is 1. The van der Waals surface area contributed by atoms with Crippen molar-refractivity contribution in [3.63, 3.8) is 0 Å². The maximum atomic E-state index is 10.5. The maximum Gasteiger partial charge on any atom is 0.283 e. The van der Waals surface area contributed by atoms with E-state index in [1.807, 2.05) is 0 Å². The second kappa shape index (κ2) is 4.50. The smallest absolute Gasteiger partial charge is 0.283 e. The third-order valence-electron chi connectivity index (χ3n) is 1.79. The van der Waals surface area contributed by atoms with Gasteiger partial charge < -0.3 is 10.8 Å². The quantitative estimate of drug-likeness (QED) is 0.634. The topological polar surface area (TPSA) is 89.4 Å². The van der Waals surface area contributed by atoms with Crippen LogP contribution in [0.3, 0.4) is 0 Å². The van der Waals surface area contributed by atoms with E-state index in [1.165, 1.54) is 12.1 Å². The molecular weight excluding hydrogens is 252 g/mol. The molecule has 1 aromatic rings. The van der Waals surface area contributed by atoms with Crippen LogP contribution >= 0.6 is 15.9 Å². The van der Waals surface area contributed by atoms with Gasteiger partial charge in [-0.05, 0) is 15.9 Å². The Hall–Kier alpha value is -0.980. The molecule has 0 saturated carbocycles. The summed E-state index contributed by atoms with van der Waals surface area (Å²) >= 11 is 3.07. The number of nitro groups is 1.